The quantitative estimate of drug-likeness (QED) is 0.385. The predicted octanol–water partition coefficient (Wildman–Crippen LogP) is 3.34. The largest absolute Gasteiger partial charge is 0.379 e. The summed E-state index contributed by atoms with van der Waals surface area (Å²) < 4.78 is 0. The van der Waals surface area contributed by atoms with Gasteiger partial charge in [0.1, 0.15) is 0 Å². The van der Waals surface area contributed by atoms with E-state index in [9.17, 15) is 0 Å². The maximum absolute atomic E-state index is 7.57. The van der Waals surface area contributed by atoms with Gasteiger partial charge in [0.05, 0.1) is 21.8 Å². The van der Waals surface area contributed by atoms with Crippen molar-refractivity contribution in [2.45, 2.75) is 18.2 Å². The Morgan fingerprint density at radius 3 is 2.62 bits per heavy atom. The van der Waals surface area contributed by atoms with Crippen molar-refractivity contribution in [3.63, 3.8) is 0 Å². The number of hydrogen-bond donors (Lipinski definition) is 4. The van der Waals surface area contributed by atoms with Gasteiger partial charge in [0.2, 0.25) is 0 Å². The highest BCUT2D eigenvalue weighted by Crippen LogP contribution is 2.30. The van der Waals surface area contributed by atoms with E-state index in [0.717, 1.165) is 28.3 Å². The lowest BCUT2D eigenvalue weighted by atomic mass is 10.1. The van der Waals surface area contributed by atoms with E-state index >= 15 is 0 Å². The van der Waals surface area contributed by atoms with E-state index in [0.29, 0.717) is 5.04 Å². The Bertz CT molecular complexity index is 633. The molecule has 0 amide bonds. The van der Waals surface area contributed by atoms with E-state index in [4.69, 9.17) is 16.6 Å². The number of H-pyrrole nitrogens is 1. The molecule has 0 aliphatic carbocycles. The molecule has 21 heavy (non-hydrogen) atoms. The van der Waals surface area contributed by atoms with Gasteiger partial charge in [0, 0.05) is 11.3 Å². The van der Waals surface area contributed by atoms with Crippen molar-refractivity contribution >= 4 is 33.7 Å². The van der Waals surface area contributed by atoms with Crippen LogP contribution in [0.2, 0.25) is 0 Å². The Balaban J connectivity index is 2.07. The van der Waals surface area contributed by atoms with Crippen LogP contribution in [0.3, 0.4) is 0 Å². The van der Waals surface area contributed by atoms with Crippen molar-refractivity contribution in [1.29, 1.82) is 10.8 Å². The zero-order chi connectivity index (χ0) is 15.2. The molecule has 110 valence electrons. The van der Waals surface area contributed by atoms with Gasteiger partial charge < -0.3 is 5.73 Å². The van der Waals surface area contributed by atoms with Crippen LogP contribution in [0.1, 0.15) is 12.5 Å². The van der Waals surface area contributed by atoms with Gasteiger partial charge in [0.25, 0.3) is 0 Å². The number of amidine groups is 1. The lowest BCUT2D eigenvalue weighted by Crippen LogP contribution is -2.05. The van der Waals surface area contributed by atoms with Crippen LogP contribution in [0.5, 0.6) is 0 Å². The summed E-state index contributed by atoms with van der Waals surface area (Å²) in [5.74, 6) is 0.812. The third-order valence-corrected chi connectivity index (χ3v) is 4.31. The van der Waals surface area contributed by atoms with Crippen LogP contribution in [0.15, 0.2) is 35.4 Å². The third kappa shape index (κ3) is 4.64. The molecule has 0 atom stereocenters. The van der Waals surface area contributed by atoms with E-state index in [1.165, 1.54) is 29.1 Å². The highest BCUT2D eigenvalue weighted by Gasteiger charge is 2.09. The highest BCUT2D eigenvalue weighted by atomic mass is 32.2. The van der Waals surface area contributed by atoms with Crippen molar-refractivity contribution < 1.29 is 0 Å². The second-order valence-corrected chi connectivity index (χ2v) is 6.82. The minimum atomic E-state index is 0.160. The molecule has 1 aromatic carbocycles. The van der Waals surface area contributed by atoms with Gasteiger partial charge in [-0.1, -0.05) is 47.8 Å². The molecule has 0 unspecified atom stereocenters. The van der Waals surface area contributed by atoms with Crippen LogP contribution < -0.4 is 5.73 Å². The maximum Gasteiger partial charge on any atom is 0.151 e. The highest BCUT2D eigenvalue weighted by molar-refractivity contribution is 8.14. The third-order valence-electron chi connectivity index (χ3n) is 2.76. The average Bonchev–Trinajstić information content (AvgIpc) is 2.86. The Hall–Kier alpha value is -1.73. The fourth-order valence-corrected chi connectivity index (χ4v) is 3.10. The fraction of sp³-hybridized carbons (Fsp3) is 0.214. The van der Waals surface area contributed by atoms with Gasteiger partial charge in [-0.25, -0.2) is 0 Å². The van der Waals surface area contributed by atoms with Gasteiger partial charge in [-0.2, -0.15) is 5.10 Å². The molecule has 0 fully saturated rings. The van der Waals surface area contributed by atoms with E-state index in [1.807, 2.05) is 12.1 Å². The number of aromatic amines is 1. The number of thioether (sulfide) groups is 2. The molecule has 0 saturated carbocycles. The second-order valence-electron chi connectivity index (χ2n) is 4.43. The summed E-state index contributed by atoms with van der Waals surface area (Å²) in [4.78, 5) is 0.961. The number of aromatic nitrogens is 2. The van der Waals surface area contributed by atoms with Crippen LogP contribution in [0, 0.1) is 10.8 Å². The van der Waals surface area contributed by atoms with Crippen molar-refractivity contribution in [3.8, 4) is 11.3 Å². The summed E-state index contributed by atoms with van der Waals surface area (Å²) in [5.41, 5.74) is 8.53. The lowest BCUT2D eigenvalue weighted by Gasteiger charge is -2.05. The lowest BCUT2D eigenvalue weighted by molar-refractivity contribution is 1.09. The summed E-state index contributed by atoms with van der Waals surface area (Å²) in [5, 5.41) is 22.5. The number of nitrogens with two attached hydrogens (primary N) is 1. The van der Waals surface area contributed by atoms with Gasteiger partial charge in [-0.3, -0.25) is 15.9 Å². The van der Waals surface area contributed by atoms with Crippen LogP contribution >= 0.6 is 23.5 Å². The summed E-state index contributed by atoms with van der Waals surface area (Å²) in [6.45, 7) is 1.76. The van der Waals surface area contributed by atoms with Crippen LogP contribution in [-0.2, 0) is 6.42 Å². The van der Waals surface area contributed by atoms with Crippen LogP contribution in [-0.4, -0.2) is 26.2 Å². The number of rotatable bonds is 5. The second kappa shape index (κ2) is 7.33. The Labute approximate surface area is 132 Å². The normalized spacial score (nSPS) is 10.5. The summed E-state index contributed by atoms with van der Waals surface area (Å²) in [6, 6.07) is 8.24. The average molecular weight is 319 g/mol. The Kier molecular flexibility index (Phi) is 5.46. The monoisotopic (exact) mass is 319 g/mol. The van der Waals surface area contributed by atoms with E-state index in [-0.39, 0.29) is 5.17 Å². The van der Waals surface area contributed by atoms with Gasteiger partial charge in [0.15, 0.2) is 5.17 Å². The molecule has 0 bridgehead atoms. The first-order chi connectivity index (χ1) is 10.1. The molecule has 0 radical (unpaired) electrons. The van der Waals surface area contributed by atoms with Gasteiger partial charge >= 0.3 is 0 Å². The molecule has 7 heteroatoms. The van der Waals surface area contributed by atoms with Crippen molar-refractivity contribution in [2.24, 2.45) is 5.73 Å². The molecule has 1 heterocycles. The van der Waals surface area contributed by atoms with E-state index in [1.54, 1.807) is 13.1 Å². The molecule has 0 aliphatic heterocycles. The van der Waals surface area contributed by atoms with Gasteiger partial charge in [-0.05, 0) is 18.9 Å². The van der Waals surface area contributed by atoms with E-state index in [2.05, 4.69) is 22.3 Å². The molecule has 2 aromatic rings. The predicted molar refractivity (Wildman–Crippen MR) is 91.4 cm³/mol. The summed E-state index contributed by atoms with van der Waals surface area (Å²) >= 11 is 2.75. The summed E-state index contributed by atoms with van der Waals surface area (Å²) in [7, 11) is 0. The molecule has 0 spiro atoms. The number of nitrogens with one attached hydrogen (secondary N) is 3. The minimum Gasteiger partial charge on any atom is -0.379 e. The first-order valence-electron chi connectivity index (χ1n) is 6.39. The molecule has 0 saturated heterocycles. The molecule has 0 aliphatic rings. The zero-order valence-corrected chi connectivity index (χ0v) is 13.3. The number of hydrogen-bond acceptors (Lipinski definition) is 5. The first-order valence-corrected chi connectivity index (χ1v) is 8.19. The first kappa shape index (κ1) is 15.7. The fourth-order valence-electron chi connectivity index (χ4n) is 1.84. The number of benzene rings is 1. The number of nitrogens with zero attached hydrogens (tertiary/aromatic N) is 1. The minimum absolute atomic E-state index is 0.160. The Morgan fingerprint density at radius 1 is 1.29 bits per heavy atom. The Morgan fingerprint density at radius 2 is 2.00 bits per heavy atom. The van der Waals surface area contributed by atoms with Crippen molar-refractivity contribution in [3.05, 3.63) is 36.0 Å². The van der Waals surface area contributed by atoms with Gasteiger partial charge in [-0.15, -0.1) is 0 Å². The van der Waals surface area contributed by atoms with Crippen molar-refractivity contribution in [2.75, 3.05) is 5.75 Å². The molecule has 1 aromatic heterocycles. The van der Waals surface area contributed by atoms with Crippen molar-refractivity contribution in [1.82, 2.24) is 10.2 Å². The molecular formula is C14H17N5S2. The molecular weight excluding hydrogens is 302 g/mol. The maximum atomic E-state index is 7.57. The van der Waals surface area contributed by atoms with Crippen LogP contribution in [0.4, 0.5) is 0 Å². The molecule has 5 nitrogen and oxygen atoms in total. The standard InChI is InChI=1S/C14H17N5S2/c1-9(15)21-12-8-18-19-13(12)11-4-2-10(3-5-11)6-7-20-14(16)17/h2-5,8,15H,6-7H2,1H3,(H3,16,17)(H,18,19). The zero-order valence-electron chi connectivity index (χ0n) is 11.6. The van der Waals surface area contributed by atoms with Crippen LogP contribution in [0.25, 0.3) is 11.3 Å². The topological polar surface area (TPSA) is 102 Å². The molecule has 5 N–H and O–H groups in total. The summed E-state index contributed by atoms with van der Waals surface area (Å²) in [6.07, 6.45) is 2.63. The van der Waals surface area contributed by atoms with E-state index < -0.39 is 0 Å². The SMILES string of the molecule is CC(=N)Sc1cn[nH]c1-c1ccc(CCSC(=N)N)cc1. The molecule has 2 rings (SSSR count). The smallest absolute Gasteiger partial charge is 0.151 e. The number of aryl methyl sites for hydroxylation is 1.